The Labute approximate surface area is 124 Å². The molecule has 0 spiro atoms. The molecule has 5 nitrogen and oxygen atoms in total. The molecule has 0 aliphatic rings. The maximum absolute atomic E-state index is 12.2. The summed E-state index contributed by atoms with van der Waals surface area (Å²) < 4.78 is 30.6. The Morgan fingerprint density at radius 2 is 2.10 bits per heavy atom. The number of nitrogens with zero attached hydrogens (tertiary/aromatic N) is 2. The summed E-state index contributed by atoms with van der Waals surface area (Å²) in [5, 5.41) is 6.77. The molecule has 1 amide bonds. The highest BCUT2D eigenvalue weighted by molar-refractivity contribution is 6.30. The van der Waals surface area contributed by atoms with Gasteiger partial charge in [0.2, 0.25) is 0 Å². The van der Waals surface area contributed by atoms with E-state index in [9.17, 15) is 13.6 Å². The summed E-state index contributed by atoms with van der Waals surface area (Å²) in [5.74, 6) is 0.0875. The lowest BCUT2D eigenvalue weighted by molar-refractivity contribution is -0.118. The number of aromatic nitrogens is 2. The first-order chi connectivity index (χ1) is 10.0. The van der Waals surface area contributed by atoms with Crippen molar-refractivity contribution < 1.29 is 18.3 Å². The second kappa shape index (κ2) is 7.03. The fraction of sp³-hybridized carbons (Fsp3) is 0.231. The Morgan fingerprint density at radius 1 is 1.38 bits per heavy atom. The van der Waals surface area contributed by atoms with E-state index in [1.54, 1.807) is 24.3 Å². The van der Waals surface area contributed by atoms with Crippen LogP contribution < -0.4 is 10.1 Å². The van der Waals surface area contributed by atoms with Crippen molar-refractivity contribution >= 4 is 23.2 Å². The zero-order valence-electron chi connectivity index (χ0n) is 10.8. The van der Waals surface area contributed by atoms with Gasteiger partial charge in [0.25, 0.3) is 12.3 Å². The van der Waals surface area contributed by atoms with Crippen LogP contribution >= 0.6 is 11.6 Å². The molecule has 8 heteroatoms. The van der Waals surface area contributed by atoms with Crippen molar-refractivity contribution in [1.82, 2.24) is 9.78 Å². The van der Waals surface area contributed by atoms with Crippen molar-refractivity contribution in [2.45, 2.75) is 13.0 Å². The molecule has 0 aliphatic carbocycles. The van der Waals surface area contributed by atoms with Gasteiger partial charge >= 0.3 is 0 Å². The van der Waals surface area contributed by atoms with E-state index in [-0.39, 0.29) is 6.61 Å². The number of anilines is 1. The topological polar surface area (TPSA) is 56.1 Å². The van der Waals surface area contributed by atoms with E-state index in [1.807, 2.05) is 0 Å². The first kappa shape index (κ1) is 15.2. The molecule has 0 aliphatic heterocycles. The molecule has 0 atom stereocenters. The van der Waals surface area contributed by atoms with Gasteiger partial charge < -0.3 is 10.1 Å². The maximum atomic E-state index is 12.2. The molecule has 21 heavy (non-hydrogen) atoms. The fourth-order valence-electron chi connectivity index (χ4n) is 1.55. The Bertz CT molecular complexity index is 602. The highest BCUT2D eigenvalue weighted by atomic mass is 35.5. The summed E-state index contributed by atoms with van der Waals surface area (Å²) in [6, 6.07) is 6.55. The van der Waals surface area contributed by atoms with Crippen molar-refractivity contribution in [3.05, 3.63) is 41.7 Å². The Hall–Kier alpha value is -2.15. The molecule has 1 N–H and O–H groups in total. The molecule has 1 aromatic carbocycles. The van der Waals surface area contributed by atoms with Gasteiger partial charge in [-0.3, -0.25) is 9.48 Å². The molecular weight excluding hydrogens is 304 g/mol. The Morgan fingerprint density at radius 3 is 2.76 bits per heavy atom. The Kier molecular flexibility index (Phi) is 5.10. The SMILES string of the molecule is O=C(COc1ccc(Cl)cc1)Nc1cnn(CC(F)F)c1. The predicted molar refractivity (Wildman–Crippen MR) is 73.8 cm³/mol. The lowest BCUT2D eigenvalue weighted by Crippen LogP contribution is -2.19. The van der Waals surface area contributed by atoms with Gasteiger partial charge in [-0.25, -0.2) is 8.78 Å². The van der Waals surface area contributed by atoms with E-state index in [0.29, 0.717) is 16.5 Å². The number of hydrogen-bond acceptors (Lipinski definition) is 3. The molecule has 0 fully saturated rings. The minimum absolute atomic E-state index is 0.207. The van der Waals surface area contributed by atoms with Gasteiger partial charge in [-0.1, -0.05) is 11.6 Å². The molecule has 0 bridgehead atoms. The maximum Gasteiger partial charge on any atom is 0.262 e. The summed E-state index contributed by atoms with van der Waals surface area (Å²) in [5.41, 5.74) is 0.334. The number of carbonyl (C=O) groups is 1. The van der Waals surface area contributed by atoms with Gasteiger partial charge in [-0.2, -0.15) is 5.10 Å². The van der Waals surface area contributed by atoms with Crippen LogP contribution in [0.2, 0.25) is 5.02 Å². The average molecular weight is 316 g/mol. The molecule has 1 aromatic heterocycles. The quantitative estimate of drug-likeness (QED) is 0.892. The third-order valence-electron chi connectivity index (χ3n) is 2.43. The minimum Gasteiger partial charge on any atom is -0.484 e. The van der Waals surface area contributed by atoms with Gasteiger partial charge in [-0.15, -0.1) is 0 Å². The van der Waals surface area contributed by atoms with Gasteiger partial charge in [0, 0.05) is 11.2 Å². The first-order valence-electron chi connectivity index (χ1n) is 6.02. The van der Waals surface area contributed by atoms with Crippen LogP contribution in [0.15, 0.2) is 36.7 Å². The van der Waals surface area contributed by atoms with Crippen molar-refractivity contribution in [3.63, 3.8) is 0 Å². The predicted octanol–water partition coefficient (Wildman–Crippen LogP) is 2.82. The number of alkyl halides is 2. The summed E-state index contributed by atoms with van der Waals surface area (Å²) >= 11 is 5.72. The number of benzene rings is 1. The zero-order chi connectivity index (χ0) is 15.2. The van der Waals surface area contributed by atoms with E-state index in [1.165, 1.54) is 12.4 Å². The van der Waals surface area contributed by atoms with Crippen molar-refractivity contribution in [1.29, 1.82) is 0 Å². The van der Waals surface area contributed by atoms with Crippen LogP contribution in [0.4, 0.5) is 14.5 Å². The third kappa shape index (κ3) is 5.03. The second-order valence-corrected chi connectivity index (χ2v) is 4.57. The van der Waals surface area contributed by atoms with E-state index in [0.717, 1.165) is 4.68 Å². The first-order valence-corrected chi connectivity index (χ1v) is 6.39. The van der Waals surface area contributed by atoms with Gasteiger partial charge in [0.15, 0.2) is 6.61 Å². The molecule has 112 valence electrons. The van der Waals surface area contributed by atoms with Crippen LogP contribution in [-0.4, -0.2) is 28.7 Å². The number of hydrogen-bond donors (Lipinski definition) is 1. The standard InChI is InChI=1S/C13H12ClF2N3O2/c14-9-1-3-11(4-2-9)21-8-13(20)18-10-5-17-19(6-10)7-12(15)16/h1-6,12H,7-8H2,(H,18,20). The lowest BCUT2D eigenvalue weighted by atomic mass is 10.3. The van der Waals surface area contributed by atoms with Crippen molar-refractivity contribution in [2.24, 2.45) is 0 Å². The normalized spacial score (nSPS) is 10.7. The molecule has 0 saturated carbocycles. The molecule has 0 unspecified atom stereocenters. The molecule has 1 heterocycles. The molecule has 2 aromatic rings. The van der Waals surface area contributed by atoms with Gasteiger partial charge in [0.1, 0.15) is 12.3 Å². The van der Waals surface area contributed by atoms with Crippen molar-refractivity contribution in [3.8, 4) is 5.75 Å². The highest BCUT2D eigenvalue weighted by Gasteiger charge is 2.08. The van der Waals surface area contributed by atoms with Crippen LogP contribution in [0.25, 0.3) is 0 Å². The monoisotopic (exact) mass is 315 g/mol. The molecular formula is C13H12ClF2N3O2. The molecule has 0 radical (unpaired) electrons. The van der Waals surface area contributed by atoms with Crippen molar-refractivity contribution in [2.75, 3.05) is 11.9 Å². The molecule has 2 rings (SSSR count). The average Bonchev–Trinajstić information content (AvgIpc) is 2.84. The lowest BCUT2D eigenvalue weighted by Gasteiger charge is -2.06. The smallest absolute Gasteiger partial charge is 0.262 e. The van der Waals surface area contributed by atoms with Crippen LogP contribution in [0.3, 0.4) is 0 Å². The van der Waals surface area contributed by atoms with E-state index < -0.39 is 18.9 Å². The summed E-state index contributed by atoms with van der Waals surface area (Å²) in [6.45, 7) is -0.723. The van der Waals surface area contributed by atoms with Crippen LogP contribution in [0, 0.1) is 0 Å². The summed E-state index contributed by atoms with van der Waals surface area (Å²) in [6.07, 6.45) is 0.122. The van der Waals surface area contributed by atoms with Gasteiger partial charge in [0.05, 0.1) is 11.9 Å². The Balaban J connectivity index is 1.81. The van der Waals surface area contributed by atoms with Crippen LogP contribution in [0.1, 0.15) is 0 Å². The fourth-order valence-corrected chi connectivity index (χ4v) is 1.67. The molecule has 0 saturated heterocycles. The van der Waals surface area contributed by atoms with Crippen LogP contribution in [-0.2, 0) is 11.3 Å². The number of carbonyl (C=O) groups excluding carboxylic acids is 1. The van der Waals surface area contributed by atoms with Gasteiger partial charge in [-0.05, 0) is 24.3 Å². The largest absolute Gasteiger partial charge is 0.484 e. The second-order valence-electron chi connectivity index (χ2n) is 4.13. The summed E-state index contributed by atoms with van der Waals surface area (Å²) in [7, 11) is 0. The highest BCUT2D eigenvalue weighted by Crippen LogP contribution is 2.15. The third-order valence-corrected chi connectivity index (χ3v) is 2.68. The van der Waals surface area contributed by atoms with E-state index in [2.05, 4.69) is 10.4 Å². The summed E-state index contributed by atoms with van der Waals surface area (Å²) in [4.78, 5) is 11.6. The van der Waals surface area contributed by atoms with E-state index in [4.69, 9.17) is 16.3 Å². The van der Waals surface area contributed by atoms with E-state index >= 15 is 0 Å². The number of ether oxygens (including phenoxy) is 1. The number of amides is 1. The minimum atomic E-state index is -2.50. The zero-order valence-corrected chi connectivity index (χ0v) is 11.6. The van der Waals surface area contributed by atoms with Crippen LogP contribution in [0.5, 0.6) is 5.75 Å². The number of nitrogens with one attached hydrogen (secondary N) is 1. The number of halogens is 3. The number of rotatable bonds is 6.